The summed E-state index contributed by atoms with van der Waals surface area (Å²) in [4.78, 5) is 40.5. The molecule has 34 heavy (non-hydrogen) atoms. The summed E-state index contributed by atoms with van der Waals surface area (Å²) in [6.45, 7) is 0.352. The number of methoxy groups -OCH3 is 1. The molecule has 9 heteroatoms. The molecular weight excluding hydrogens is 432 g/mol. The Labute approximate surface area is 195 Å². The number of benzene rings is 1. The van der Waals surface area contributed by atoms with Crippen molar-refractivity contribution >= 4 is 34.8 Å². The van der Waals surface area contributed by atoms with Crippen LogP contribution in [0, 0.1) is 0 Å². The van der Waals surface area contributed by atoms with Crippen molar-refractivity contribution in [3.63, 3.8) is 0 Å². The van der Waals surface area contributed by atoms with Gasteiger partial charge in [-0.25, -0.2) is 15.0 Å². The molecule has 4 aromatic rings. The Morgan fingerprint density at radius 3 is 2.62 bits per heavy atom. The number of ether oxygens (including phenoxy) is 1. The van der Waals surface area contributed by atoms with E-state index in [4.69, 9.17) is 4.74 Å². The summed E-state index contributed by atoms with van der Waals surface area (Å²) in [7, 11) is 1.45. The first kappa shape index (κ1) is 21.1. The van der Waals surface area contributed by atoms with Crippen molar-refractivity contribution in [2.45, 2.75) is 6.54 Å². The number of para-hydroxylation sites is 2. The van der Waals surface area contributed by atoms with Crippen molar-refractivity contribution < 1.29 is 14.3 Å². The molecule has 0 radical (unpaired) electrons. The van der Waals surface area contributed by atoms with E-state index >= 15 is 0 Å². The predicted octanol–water partition coefficient (Wildman–Crippen LogP) is 4.04. The van der Waals surface area contributed by atoms with E-state index in [-0.39, 0.29) is 17.4 Å². The van der Waals surface area contributed by atoms with E-state index < -0.39 is 5.91 Å². The Balaban J connectivity index is 1.39. The molecule has 168 valence electrons. The van der Waals surface area contributed by atoms with E-state index in [1.165, 1.54) is 13.3 Å². The minimum atomic E-state index is -0.409. The van der Waals surface area contributed by atoms with E-state index in [1.807, 2.05) is 36.4 Å². The topological polar surface area (TPSA) is 109 Å². The predicted molar refractivity (Wildman–Crippen MR) is 127 cm³/mol. The summed E-state index contributed by atoms with van der Waals surface area (Å²) < 4.78 is 5.13. The molecule has 2 amide bonds. The van der Waals surface area contributed by atoms with Gasteiger partial charge in [0.25, 0.3) is 11.8 Å². The Morgan fingerprint density at radius 2 is 1.79 bits per heavy atom. The minimum absolute atomic E-state index is 0.217. The van der Waals surface area contributed by atoms with Crippen LogP contribution in [0.1, 0.15) is 26.3 Å². The Hall–Kier alpha value is -4.79. The van der Waals surface area contributed by atoms with Gasteiger partial charge in [0.1, 0.15) is 17.2 Å². The lowest BCUT2D eigenvalue weighted by Gasteiger charge is -2.22. The van der Waals surface area contributed by atoms with Gasteiger partial charge in [-0.2, -0.15) is 0 Å². The van der Waals surface area contributed by atoms with Crippen LogP contribution in [-0.4, -0.2) is 33.9 Å². The monoisotopic (exact) mass is 452 g/mol. The van der Waals surface area contributed by atoms with Crippen molar-refractivity contribution in [2.75, 3.05) is 22.6 Å². The van der Waals surface area contributed by atoms with Crippen molar-refractivity contribution in [1.82, 2.24) is 15.0 Å². The van der Waals surface area contributed by atoms with Crippen LogP contribution >= 0.6 is 0 Å². The molecule has 0 saturated carbocycles. The minimum Gasteiger partial charge on any atom is -0.480 e. The molecule has 1 aliphatic heterocycles. The second-order valence-corrected chi connectivity index (χ2v) is 7.49. The zero-order chi connectivity index (χ0) is 23.5. The standard InChI is InChI=1S/C25H20N6O3/c1-34-24-18(7-5-13-27-24)23(32)30-21-11-10-16(14-28-21)25(33)31-15-17-6-4-12-26-22(17)29-19-8-2-3-9-20(19)31/h2-14H,15H2,1H3,(H,26,29)(H,28,30,32). The molecule has 9 nitrogen and oxygen atoms in total. The molecule has 0 fully saturated rings. The summed E-state index contributed by atoms with van der Waals surface area (Å²) >= 11 is 0. The third kappa shape index (κ3) is 4.02. The van der Waals surface area contributed by atoms with E-state index in [1.54, 1.807) is 41.6 Å². The normalized spacial score (nSPS) is 12.0. The van der Waals surface area contributed by atoms with Crippen LogP contribution < -0.4 is 20.3 Å². The van der Waals surface area contributed by atoms with Gasteiger partial charge in [0.2, 0.25) is 5.88 Å². The molecule has 1 aromatic carbocycles. The second-order valence-electron chi connectivity index (χ2n) is 7.49. The van der Waals surface area contributed by atoms with Crippen LogP contribution in [-0.2, 0) is 6.54 Å². The van der Waals surface area contributed by atoms with Crippen LogP contribution in [0.25, 0.3) is 0 Å². The highest BCUT2D eigenvalue weighted by Gasteiger charge is 2.25. The maximum absolute atomic E-state index is 13.5. The number of nitrogens with one attached hydrogen (secondary N) is 2. The zero-order valence-corrected chi connectivity index (χ0v) is 18.2. The number of anilines is 4. The highest BCUT2D eigenvalue weighted by molar-refractivity contribution is 6.09. The van der Waals surface area contributed by atoms with Crippen molar-refractivity contribution in [1.29, 1.82) is 0 Å². The molecule has 4 heterocycles. The lowest BCUT2D eigenvalue weighted by molar-refractivity contribution is 0.0984. The summed E-state index contributed by atoms with van der Waals surface area (Å²) in [5.41, 5.74) is 3.10. The molecular formula is C25H20N6O3. The van der Waals surface area contributed by atoms with Crippen molar-refractivity contribution in [3.8, 4) is 5.88 Å². The lowest BCUT2D eigenvalue weighted by atomic mass is 10.1. The maximum Gasteiger partial charge on any atom is 0.262 e. The summed E-state index contributed by atoms with van der Waals surface area (Å²) in [6, 6.07) is 17.8. The second kappa shape index (κ2) is 8.99. The first-order valence-corrected chi connectivity index (χ1v) is 10.5. The van der Waals surface area contributed by atoms with Gasteiger partial charge in [0.15, 0.2) is 0 Å². The average Bonchev–Trinajstić information content (AvgIpc) is 3.05. The number of fused-ring (bicyclic) bond motifs is 2. The maximum atomic E-state index is 13.5. The van der Waals surface area contributed by atoms with Gasteiger partial charge >= 0.3 is 0 Å². The summed E-state index contributed by atoms with van der Waals surface area (Å²) in [5.74, 6) is 0.612. The van der Waals surface area contributed by atoms with E-state index in [0.717, 1.165) is 16.9 Å². The first-order valence-electron chi connectivity index (χ1n) is 10.5. The first-order chi connectivity index (χ1) is 16.6. The molecule has 0 unspecified atom stereocenters. The molecule has 0 saturated heterocycles. The van der Waals surface area contributed by atoms with E-state index in [2.05, 4.69) is 25.6 Å². The number of pyridine rings is 3. The van der Waals surface area contributed by atoms with Crippen LogP contribution in [0.15, 0.2) is 79.3 Å². The van der Waals surface area contributed by atoms with Crippen LogP contribution in [0.3, 0.4) is 0 Å². The highest BCUT2D eigenvalue weighted by atomic mass is 16.5. The number of amides is 2. The summed E-state index contributed by atoms with van der Waals surface area (Å²) in [6.07, 6.45) is 4.70. The van der Waals surface area contributed by atoms with Crippen molar-refractivity contribution in [3.05, 3.63) is 95.9 Å². The number of aromatic nitrogens is 3. The third-order valence-corrected chi connectivity index (χ3v) is 5.37. The molecule has 2 N–H and O–H groups in total. The van der Waals surface area contributed by atoms with E-state index in [9.17, 15) is 9.59 Å². The Bertz CT molecular complexity index is 1370. The molecule has 0 atom stereocenters. The van der Waals surface area contributed by atoms with Gasteiger partial charge in [-0.05, 0) is 42.5 Å². The number of nitrogens with zero attached hydrogens (tertiary/aromatic N) is 4. The largest absolute Gasteiger partial charge is 0.480 e. The molecule has 0 bridgehead atoms. The van der Waals surface area contributed by atoms with Crippen LogP contribution in [0.5, 0.6) is 5.88 Å². The van der Waals surface area contributed by atoms with Crippen molar-refractivity contribution in [2.24, 2.45) is 0 Å². The average molecular weight is 452 g/mol. The molecule has 0 aliphatic carbocycles. The number of hydrogen-bond donors (Lipinski definition) is 2. The summed E-state index contributed by atoms with van der Waals surface area (Å²) in [5, 5.41) is 6.02. The van der Waals surface area contributed by atoms with Crippen LogP contribution in [0.2, 0.25) is 0 Å². The SMILES string of the molecule is COc1ncccc1C(=O)Nc1ccc(C(=O)N2Cc3cccnc3Nc3ccccc32)cn1. The molecule has 5 rings (SSSR count). The van der Waals surface area contributed by atoms with Gasteiger partial charge in [0, 0.05) is 24.2 Å². The lowest BCUT2D eigenvalue weighted by Crippen LogP contribution is -2.30. The Morgan fingerprint density at radius 1 is 0.971 bits per heavy atom. The van der Waals surface area contributed by atoms with Gasteiger partial charge in [-0.15, -0.1) is 0 Å². The van der Waals surface area contributed by atoms with Gasteiger partial charge in [0.05, 0.1) is 30.6 Å². The molecule has 0 spiro atoms. The quantitative estimate of drug-likeness (QED) is 0.481. The van der Waals surface area contributed by atoms with Gasteiger partial charge in [-0.3, -0.25) is 9.59 Å². The van der Waals surface area contributed by atoms with Crippen LogP contribution in [0.4, 0.5) is 23.0 Å². The smallest absolute Gasteiger partial charge is 0.262 e. The fourth-order valence-corrected chi connectivity index (χ4v) is 3.72. The van der Waals surface area contributed by atoms with Gasteiger partial charge in [-0.1, -0.05) is 18.2 Å². The Kier molecular flexibility index (Phi) is 5.57. The molecule has 1 aliphatic rings. The fourth-order valence-electron chi connectivity index (χ4n) is 3.72. The third-order valence-electron chi connectivity index (χ3n) is 5.37. The molecule has 3 aromatic heterocycles. The number of hydrogen-bond acceptors (Lipinski definition) is 7. The number of carbonyl (C=O) groups excluding carboxylic acids is 2. The van der Waals surface area contributed by atoms with E-state index in [0.29, 0.717) is 23.7 Å². The fraction of sp³-hybridized carbons (Fsp3) is 0.0800. The zero-order valence-electron chi connectivity index (χ0n) is 18.2. The van der Waals surface area contributed by atoms with Gasteiger partial charge < -0.3 is 20.3 Å². The highest BCUT2D eigenvalue weighted by Crippen LogP contribution is 2.35. The number of carbonyl (C=O) groups is 2. The number of rotatable bonds is 4.